The molecule has 0 heterocycles. The summed E-state index contributed by atoms with van der Waals surface area (Å²) < 4.78 is 35.3. The van der Waals surface area contributed by atoms with Gasteiger partial charge in [0.1, 0.15) is 0 Å². The standard InChI is InChI=1S/C8H16F3N3/c1-6(2)14-7(12-3)13-5-4-8(9,10)11/h6H,4-5H2,1-3H3,(H2,12,13,14). The first-order valence-corrected chi connectivity index (χ1v) is 4.39. The van der Waals surface area contributed by atoms with Crippen LogP contribution in [-0.2, 0) is 0 Å². The molecule has 0 saturated carbocycles. The highest BCUT2D eigenvalue weighted by molar-refractivity contribution is 5.79. The van der Waals surface area contributed by atoms with Crippen LogP contribution in [0.3, 0.4) is 0 Å². The van der Waals surface area contributed by atoms with E-state index in [0.717, 1.165) is 0 Å². The average molecular weight is 211 g/mol. The first kappa shape index (κ1) is 13.1. The second kappa shape index (κ2) is 5.72. The third-order valence-corrected chi connectivity index (χ3v) is 1.35. The first-order chi connectivity index (χ1) is 6.35. The second-order valence-corrected chi connectivity index (χ2v) is 3.16. The Balaban J connectivity index is 3.76. The molecule has 0 atom stereocenters. The van der Waals surface area contributed by atoms with Crippen LogP contribution in [-0.4, -0.2) is 31.8 Å². The van der Waals surface area contributed by atoms with Crippen molar-refractivity contribution in [2.75, 3.05) is 13.6 Å². The summed E-state index contributed by atoms with van der Waals surface area (Å²) in [5.41, 5.74) is 0. The summed E-state index contributed by atoms with van der Waals surface area (Å²) in [5.74, 6) is 0.393. The predicted molar refractivity (Wildman–Crippen MR) is 50.3 cm³/mol. The highest BCUT2D eigenvalue weighted by Gasteiger charge is 2.26. The number of guanidine groups is 1. The van der Waals surface area contributed by atoms with E-state index in [2.05, 4.69) is 15.6 Å². The van der Waals surface area contributed by atoms with Crippen LogP contribution < -0.4 is 10.6 Å². The van der Waals surface area contributed by atoms with Crippen molar-refractivity contribution in [3.05, 3.63) is 0 Å². The molecule has 0 aliphatic rings. The van der Waals surface area contributed by atoms with Crippen LogP contribution in [0.15, 0.2) is 4.99 Å². The third-order valence-electron chi connectivity index (χ3n) is 1.35. The van der Waals surface area contributed by atoms with Crippen molar-refractivity contribution in [1.29, 1.82) is 0 Å². The molecule has 0 aromatic heterocycles. The van der Waals surface area contributed by atoms with Crippen LogP contribution >= 0.6 is 0 Å². The maximum Gasteiger partial charge on any atom is 0.390 e. The van der Waals surface area contributed by atoms with Gasteiger partial charge in [0.25, 0.3) is 0 Å². The van der Waals surface area contributed by atoms with Crippen molar-refractivity contribution in [2.24, 2.45) is 4.99 Å². The molecule has 0 bridgehead atoms. The van der Waals surface area contributed by atoms with E-state index in [1.807, 2.05) is 13.8 Å². The van der Waals surface area contributed by atoms with Crippen LogP contribution in [0, 0.1) is 0 Å². The van der Waals surface area contributed by atoms with Crippen LogP contribution in [0.2, 0.25) is 0 Å². The number of nitrogens with one attached hydrogen (secondary N) is 2. The number of hydrogen-bond acceptors (Lipinski definition) is 1. The Morgan fingerprint density at radius 1 is 1.36 bits per heavy atom. The zero-order chi connectivity index (χ0) is 11.2. The molecule has 6 heteroatoms. The molecule has 0 amide bonds. The minimum absolute atomic E-state index is 0.145. The molecule has 0 aliphatic heterocycles. The lowest BCUT2D eigenvalue weighted by Gasteiger charge is -2.14. The van der Waals surface area contributed by atoms with Crippen molar-refractivity contribution in [3.63, 3.8) is 0 Å². The minimum Gasteiger partial charge on any atom is -0.356 e. The van der Waals surface area contributed by atoms with Crippen LogP contribution in [0.4, 0.5) is 13.2 Å². The molecule has 0 aromatic carbocycles. The van der Waals surface area contributed by atoms with E-state index < -0.39 is 12.6 Å². The Kier molecular flexibility index (Phi) is 5.34. The lowest BCUT2D eigenvalue weighted by molar-refractivity contribution is -0.132. The van der Waals surface area contributed by atoms with Gasteiger partial charge in [-0.3, -0.25) is 4.99 Å². The predicted octanol–water partition coefficient (Wildman–Crippen LogP) is 1.51. The van der Waals surface area contributed by atoms with Crippen molar-refractivity contribution < 1.29 is 13.2 Å². The number of nitrogens with zero attached hydrogens (tertiary/aromatic N) is 1. The van der Waals surface area contributed by atoms with Gasteiger partial charge in [-0.2, -0.15) is 13.2 Å². The summed E-state index contributed by atoms with van der Waals surface area (Å²) in [4.78, 5) is 3.77. The summed E-state index contributed by atoms with van der Waals surface area (Å²) in [6.45, 7) is 3.61. The molecular weight excluding hydrogens is 195 g/mol. The summed E-state index contributed by atoms with van der Waals surface area (Å²) in [7, 11) is 1.52. The lowest BCUT2D eigenvalue weighted by atomic mass is 10.4. The summed E-state index contributed by atoms with van der Waals surface area (Å²) in [6, 6.07) is 0.145. The molecule has 0 aromatic rings. The van der Waals surface area contributed by atoms with Gasteiger partial charge in [-0.25, -0.2) is 0 Å². The molecule has 0 rings (SSSR count). The SMILES string of the molecule is CN=C(NCCC(F)(F)F)NC(C)C. The molecule has 0 aliphatic carbocycles. The zero-order valence-corrected chi connectivity index (χ0v) is 8.57. The molecule has 2 N–H and O–H groups in total. The van der Waals surface area contributed by atoms with E-state index >= 15 is 0 Å². The normalized spacial score (nSPS) is 13.2. The average Bonchev–Trinajstić information content (AvgIpc) is 1.99. The maximum atomic E-state index is 11.8. The smallest absolute Gasteiger partial charge is 0.356 e. The van der Waals surface area contributed by atoms with E-state index in [-0.39, 0.29) is 12.6 Å². The molecular formula is C8H16F3N3. The number of hydrogen-bond donors (Lipinski definition) is 2. The summed E-state index contributed by atoms with van der Waals surface area (Å²) in [5, 5.41) is 5.46. The van der Waals surface area contributed by atoms with Crippen LogP contribution in [0.5, 0.6) is 0 Å². The van der Waals surface area contributed by atoms with Crippen LogP contribution in [0.1, 0.15) is 20.3 Å². The monoisotopic (exact) mass is 211 g/mol. The number of rotatable bonds is 3. The van der Waals surface area contributed by atoms with Gasteiger partial charge in [0.05, 0.1) is 6.42 Å². The van der Waals surface area contributed by atoms with Gasteiger partial charge in [-0.05, 0) is 13.8 Å². The molecule has 84 valence electrons. The van der Waals surface area contributed by atoms with E-state index in [9.17, 15) is 13.2 Å². The Hall–Kier alpha value is -0.940. The molecule has 14 heavy (non-hydrogen) atoms. The first-order valence-electron chi connectivity index (χ1n) is 4.39. The fourth-order valence-electron chi connectivity index (χ4n) is 0.791. The van der Waals surface area contributed by atoms with E-state index in [4.69, 9.17) is 0 Å². The number of aliphatic imine (C=N–C) groups is 1. The Morgan fingerprint density at radius 3 is 2.29 bits per heavy atom. The summed E-state index contributed by atoms with van der Waals surface area (Å²) in [6.07, 6.45) is -4.98. The largest absolute Gasteiger partial charge is 0.390 e. The lowest BCUT2D eigenvalue weighted by Crippen LogP contribution is -2.42. The van der Waals surface area contributed by atoms with Crippen molar-refractivity contribution in [2.45, 2.75) is 32.5 Å². The molecule has 3 nitrogen and oxygen atoms in total. The topological polar surface area (TPSA) is 36.4 Å². The highest BCUT2D eigenvalue weighted by Crippen LogP contribution is 2.17. The second-order valence-electron chi connectivity index (χ2n) is 3.16. The highest BCUT2D eigenvalue weighted by atomic mass is 19.4. The van der Waals surface area contributed by atoms with Gasteiger partial charge in [-0.15, -0.1) is 0 Å². The Labute approximate surface area is 81.8 Å². The maximum absolute atomic E-state index is 11.8. The quantitative estimate of drug-likeness (QED) is 0.548. The molecule has 0 radical (unpaired) electrons. The number of alkyl halides is 3. The molecule has 0 saturated heterocycles. The molecule has 0 fully saturated rings. The van der Waals surface area contributed by atoms with Gasteiger partial charge in [0, 0.05) is 19.6 Å². The minimum atomic E-state index is -4.12. The van der Waals surface area contributed by atoms with Crippen molar-refractivity contribution >= 4 is 5.96 Å². The van der Waals surface area contributed by atoms with Gasteiger partial charge < -0.3 is 10.6 Å². The van der Waals surface area contributed by atoms with E-state index in [1.165, 1.54) is 7.05 Å². The van der Waals surface area contributed by atoms with E-state index in [0.29, 0.717) is 5.96 Å². The van der Waals surface area contributed by atoms with Crippen LogP contribution in [0.25, 0.3) is 0 Å². The zero-order valence-electron chi connectivity index (χ0n) is 8.57. The van der Waals surface area contributed by atoms with Crippen molar-refractivity contribution in [1.82, 2.24) is 10.6 Å². The van der Waals surface area contributed by atoms with Gasteiger partial charge in [-0.1, -0.05) is 0 Å². The van der Waals surface area contributed by atoms with E-state index in [1.54, 1.807) is 0 Å². The fraction of sp³-hybridized carbons (Fsp3) is 0.875. The molecule has 0 spiro atoms. The Bertz CT molecular complexity index is 187. The molecule has 0 unspecified atom stereocenters. The number of halogens is 3. The van der Waals surface area contributed by atoms with Crippen molar-refractivity contribution in [3.8, 4) is 0 Å². The van der Waals surface area contributed by atoms with Gasteiger partial charge >= 0.3 is 6.18 Å². The van der Waals surface area contributed by atoms with Gasteiger partial charge in [0.15, 0.2) is 5.96 Å². The van der Waals surface area contributed by atoms with Gasteiger partial charge in [0.2, 0.25) is 0 Å². The fourth-order valence-corrected chi connectivity index (χ4v) is 0.791. The third kappa shape index (κ3) is 7.70. The Morgan fingerprint density at radius 2 is 1.93 bits per heavy atom. The summed E-state index contributed by atoms with van der Waals surface area (Å²) >= 11 is 0.